The Bertz CT molecular complexity index is 1060. The highest BCUT2D eigenvalue weighted by Gasteiger charge is 2.27. The molecule has 0 aliphatic heterocycles. The van der Waals surface area contributed by atoms with Crippen molar-refractivity contribution in [2.75, 3.05) is 17.4 Å². The van der Waals surface area contributed by atoms with Gasteiger partial charge in [0.15, 0.2) is 0 Å². The third-order valence-corrected chi connectivity index (χ3v) is 6.38. The van der Waals surface area contributed by atoms with Crippen LogP contribution in [0.5, 0.6) is 0 Å². The van der Waals surface area contributed by atoms with E-state index in [1.807, 2.05) is 30.7 Å². The first-order valence-corrected chi connectivity index (χ1v) is 11.2. The predicted octanol–water partition coefficient (Wildman–Crippen LogP) is 2.90. The van der Waals surface area contributed by atoms with Crippen LogP contribution in [0.25, 0.3) is 0 Å². The molecule has 0 radical (unpaired) electrons. The van der Waals surface area contributed by atoms with Gasteiger partial charge in [-0.25, -0.2) is 13.4 Å². The lowest BCUT2D eigenvalue weighted by atomic mass is 10.1. The van der Waals surface area contributed by atoms with Crippen molar-refractivity contribution >= 4 is 21.6 Å². The number of hydrogen-bond acceptors (Lipinski definition) is 4. The van der Waals surface area contributed by atoms with Crippen LogP contribution in [0.1, 0.15) is 17.5 Å². The Morgan fingerprint density at radius 1 is 1.10 bits per heavy atom. The fourth-order valence-electron chi connectivity index (χ4n) is 3.22. The van der Waals surface area contributed by atoms with Crippen molar-refractivity contribution in [2.24, 2.45) is 0 Å². The predicted molar refractivity (Wildman–Crippen MR) is 117 cm³/mol. The van der Waals surface area contributed by atoms with Crippen molar-refractivity contribution in [3.8, 4) is 0 Å². The Balaban J connectivity index is 1.76. The van der Waals surface area contributed by atoms with Crippen molar-refractivity contribution < 1.29 is 13.2 Å². The van der Waals surface area contributed by atoms with Crippen molar-refractivity contribution in [3.05, 3.63) is 78.4 Å². The Labute approximate surface area is 177 Å². The summed E-state index contributed by atoms with van der Waals surface area (Å²) in [5.41, 5.74) is 2.34. The van der Waals surface area contributed by atoms with E-state index in [9.17, 15) is 13.2 Å². The number of anilines is 1. The zero-order valence-electron chi connectivity index (χ0n) is 17.2. The Morgan fingerprint density at radius 3 is 2.43 bits per heavy atom. The lowest BCUT2D eigenvalue weighted by Gasteiger charge is -2.25. The van der Waals surface area contributed by atoms with Gasteiger partial charge in [-0.15, -0.1) is 0 Å². The summed E-state index contributed by atoms with van der Waals surface area (Å²) in [4.78, 5) is 16.7. The van der Waals surface area contributed by atoms with E-state index >= 15 is 0 Å². The van der Waals surface area contributed by atoms with Gasteiger partial charge in [0, 0.05) is 25.5 Å². The van der Waals surface area contributed by atoms with Crippen molar-refractivity contribution in [2.45, 2.75) is 31.7 Å². The van der Waals surface area contributed by atoms with Gasteiger partial charge < -0.3 is 9.88 Å². The molecule has 0 atom stereocenters. The van der Waals surface area contributed by atoms with Crippen molar-refractivity contribution in [1.29, 1.82) is 0 Å². The third kappa shape index (κ3) is 5.48. The number of benzene rings is 2. The molecule has 0 unspecified atom stereocenters. The highest BCUT2D eigenvalue weighted by atomic mass is 32.2. The Hall–Kier alpha value is -3.13. The number of carbonyl (C=O) groups is 1. The fourth-order valence-corrected chi connectivity index (χ4v) is 4.65. The van der Waals surface area contributed by atoms with Crippen LogP contribution in [-0.4, -0.2) is 37.0 Å². The highest BCUT2D eigenvalue weighted by molar-refractivity contribution is 7.92. The SMILES string of the molecule is Cc1cc(C)cc(N(CC(=O)NCCCn2ccnc2)S(=O)(=O)c2ccccc2)c1. The number of aromatic nitrogens is 2. The zero-order valence-corrected chi connectivity index (χ0v) is 18.0. The summed E-state index contributed by atoms with van der Waals surface area (Å²) in [6.45, 7) is 4.69. The van der Waals surface area contributed by atoms with E-state index < -0.39 is 10.0 Å². The van der Waals surface area contributed by atoms with Gasteiger partial charge >= 0.3 is 0 Å². The molecule has 0 aliphatic rings. The summed E-state index contributed by atoms with van der Waals surface area (Å²) in [5.74, 6) is -0.348. The lowest BCUT2D eigenvalue weighted by molar-refractivity contribution is -0.119. The molecular weight excluding hydrogens is 400 g/mol. The maximum Gasteiger partial charge on any atom is 0.264 e. The second-order valence-electron chi connectivity index (χ2n) is 7.17. The van der Waals surface area contributed by atoms with Gasteiger partial charge in [-0.2, -0.15) is 0 Å². The molecule has 0 spiro atoms. The average Bonchev–Trinajstić information content (AvgIpc) is 3.23. The molecule has 1 amide bonds. The number of rotatable bonds is 9. The van der Waals surface area contributed by atoms with Crippen molar-refractivity contribution in [1.82, 2.24) is 14.9 Å². The minimum absolute atomic E-state index is 0.150. The van der Waals surface area contributed by atoms with Crippen LogP contribution in [0, 0.1) is 13.8 Å². The van der Waals surface area contributed by atoms with E-state index in [2.05, 4.69) is 10.3 Å². The van der Waals surface area contributed by atoms with E-state index in [0.717, 1.165) is 24.1 Å². The van der Waals surface area contributed by atoms with E-state index in [1.165, 1.54) is 16.4 Å². The van der Waals surface area contributed by atoms with Gasteiger partial charge in [0.05, 0.1) is 16.9 Å². The molecule has 3 aromatic rings. The number of nitrogens with zero attached hydrogens (tertiary/aromatic N) is 3. The van der Waals surface area contributed by atoms with Crippen LogP contribution < -0.4 is 9.62 Å². The topological polar surface area (TPSA) is 84.3 Å². The molecule has 0 aliphatic carbocycles. The number of carbonyl (C=O) groups excluding carboxylic acids is 1. The molecule has 0 saturated heterocycles. The largest absolute Gasteiger partial charge is 0.354 e. The van der Waals surface area contributed by atoms with Gasteiger partial charge in [0.1, 0.15) is 6.54 Å². The molecular formula is C22H26N4O3S. The molecule has 30 heavy (non-hydrogen) atoms. The first-order valence-electron chi connectivity index (χ1n) is 9.75. The van der Waals surface area contributed by atoms with E-state index in [0.29, 0.717) is 12.2 Å². The molecule has 7 nitrogen and oxygen atoms in total. The molecule has 0 fully saturated rings. The van der Waals surface area contributed by atoms with Gasteiger partial charge in [-0.05, 0) is 55.7 Å². The Morgan fingerprint density at radius 2 is 1.80 bits per heavy atom. The first kappa shape index (κ1) is 21.6. The summed E-state index contributed by atoms with van der Waals surface area (Å²) in [7, 11) is -3.89. The normalized spacial score (nSPS) is 11.3. The number of sulfonamides is 1. The van der Waals surface area contributed by atoms with Gasteiger partial charge in [0.25, 0.3) is 10.0 Å². The highest BCUT2D eigenvalue weighted by Crippen LogP contribution is 2.25. The second kappa shape index (κ2) is 9.58. The number of aryl methyl sites for hydroxylation is 3. The summed E-state index contributed by atoms with van der Waals surface area (Å²) in [6.07, 6.45) is 6.00. The lowest BCUT2D eigenvalue weighted by Crippen LogP contribution is -2.41. The minimum atomic E-state index is -3.89. The monoisotopic (exact) mass is 426 g/mol. The summed E-state index contributed by atoms with van der Waals surface area (Å²) in [5, 5.41) is 2.82. The second-order valence-corrected chi connectivity index (χ2v) is 9.04. The fraction of sp³-hybridized carbons (Fsp3) is 0.273. The van der Waals surface area contributed by atoms with Crippen LogP contribution in [0.15, 0.2) is 72.1 Å². The van der Waals surface area contributed by atoms with Crippen LogP contribution >= 0.6 is 0 Å². The van der Waals surface area contributed by atoms with Gasteiger partial charge in [-0.1, -0.05) is 24.3 Å². The van der Waals surface area contributed by atoms with E-state index in [-0.39, 0.29) is 17.3 Å². The standard InChI is InChI=1S/C22H26N4O3S/c1-18-13-19(2)15-20(14-18)26(30(28,29)21-7-4-3-5-8-21)16-22(27)24-9-6-11-25-12-10-23-17-25/h3-5,7-8,10,12-15,17H,6,9,11,16H2,1-2H3,(H,24,27). The number of hydrogen-bond donors (Lipinski definition) is 1. The smallest absolute Gasteiger partial charge is 0.264 e. The summed E-state index contributed by atoms with van der Waals surface area (Å²) >= 11 is 0. The molecule has 2 aromatic carbocycles. The van der Waals surface area contributed by atoms with Crippen LogP contribution in [0.2, 0.25) is 0 Å². The molecule has 0 bridgehead atoms. The molecule has 3 rings (SSSR count). The van der Waals surface area contributed by atoms with Crippen LogP contribution in [0.4, 0.5) is 5.69 Å². The first-order chi connectivity index (χ1) is 14.4. The average molecular weight is 427 g/mol. The van der Waals surface area contributed by atoms with Crippen molar-refractivity contribution in [3.63, 3.8) is 0 Å². The van der Waals surface area contributed by atoms with E-state index in [1.54, 1.807) is 42.9 Å². The zero-order chi connectivity index (χ0) is 21.6. The molecule has 0 saturated carbocycles. The summed E-state index contributed by atoms with van der Waals surface area (Å²) in [6, 6.07) is 13.7. The molecule has 1 heterocycles. The molecule has 1 N–H and O–H groups in total. The quantitative estimate of drug-likeness (QED) is 0.533. The van der Waals surface area contributed by atoms with Crippen LogP contribution in [0.3, 0.4) is 0 Å². The third-order valence-electron chi connectivity index (χ3n) is 4.59. The van der Waals surface area contributed by atoms with Crippen LogP contribution in [-0.2, 0) is 21.4 Å². The Kier molecular flexibility index (Phi) is 6.89. The number of imidazole rings is 1. The number of nitrogens with one attached hydrogen (secondary N) is 1. The molecule has 8 heteroatoms. The molecule has 1 aromatic heterocycles. The summed E-state index contributed by atoms with van der Waals surface area (Å²) < 4.78 is 29.7. The maximum atomic E-state index is 13.3. The van der Waals surface area contributed by atoms with Gasteiger partial charge in [-0.3, -0.25) is 9.10 Å². The molecule has 158 valence electrons. The maximum absolute atomic E-state index is 13.3. The van der Waals surface area contributed by atoms with E-state index in [4.69, 9.17) is 0 Å². The van der Waals surface area contributed by atoms with Gasteiger partial charge in [0.2, 0.25) is 5.91 Å². The number of amides is 1. The minimum Gasteiger partial charge on any atom is -0.354 e.